The first-order chi connectivity index (χ1) is 9.49. The normalized spacial score (nSPS) is 11.5. The van der Waals surface area contributed by atoms with Gasteiger partial charge in [-0.1, -0.05) is 58.0 Å². The first kappa shape index (κ1) is 14.6. The van der Waals surface area contributed by atoms with Crippen molar-refractivity contribution in [2.24, 2.45) is 11.8 Å². The highest BCUT2D eigenvalue weighted by Gasteiger charge is 2.20. The monoisotopic (exact) mass is 272 g/mol. The van der Waals surface area contributed by atoms with Gasteiger partial charge >= 0.3 is 0 Å². The minimum Gasteiger partial charge on any atom is -0.492 e. The van der Waals surface area contributed by atoms with Gasteiger partial charge in [-0.15, -0.1) is 5.10 Å². The molecule has 0 unspecified atom stereocenters. The maximum atomic E-state index is 10.3. The highest BCUT2D eigenvalue weighted by molar-refractivity contribution is 5.71. The van der Waals surface area contributed by atoms with Crippen LogP contribution < -0.4 is 0 Å². The van der Waals surface area contributed by atoms with E-state index in [1.54, 1.807) is 0 Å². The van der Waals surface area contributed by atoms with E-state index in [0.29, 0.717) is 11.8 Å². The van der Waals surface area contributed by atoms with Gasteiger partial charge in [0.1, 0.15) is 0 Å². The summed E-state index contributed by atoms with van der Waals surface area (Å²) in [7, 11) is 0. The molecule has 0 aliphatic heterocycles. The topological polar surface area (TPSA) is 38.1 Å². The van der Waals surface area contributed by atoms with E-state index in [9.17, 15) is 5.11 Å². The van der Waals surface area contributed by atoms with E-state index < -0.39 is 0 Å². The van der Waals surface area contributed by atoms with E-state index in [4.69, 9.17) is 0 Å². The van der Waals surface area contributed by atoms with E-state index in [-0.39, 0.29) is 5.88 Å². The Kier molecular flexibility index (Phi) is 4.48. The Bertz CT molecular complexity index is 556. The predicted octanol–water partition coefficient (Wildman–Crippen LogP) is 4.11. The van der Waals surface area contributed by atoms with Crippen LogP contribution in [0.5, 0.6) is 5.88 Å². The Labute approximate surface area is 121 Å². The molecule has 0 aliphatic carbocycles. The van der Waals surface area contributed by atoms with Gasteiger partial charge in [0.05, 0.1) is 11.3 Å². The molecule has 0 fully saturated rings. The Morgan fingerprint density at radius 2 is 1.70 bits per heavy atom. The standard InChI is InChI=1S/C17H24N2O/c1-12(2)10-15-16(14-8-6-5-7-9-14)17(20)18-19(15)11-13(3)4/h5-9,12-13H,10-11H2,1-4H3,(H,18,20). The molecule has 1 N–H and O–H groups in total. The second kappa shape index (κ2) is 6.12. The van der Waals surface area contributed by atoms with E-state index in [0.717, 1.165) is 29.8 Å². The van der Waals surface area contributed by atoms with Crippen LogP contribution in [0, 0.1) is 11.8 Å². The van der Waals surface area contributed by atoms with Crippen molar-refractivity contribution in [2.45, 2.75) is 40.7 Å². The molecular weight excluding hydrogens is 248 g/mol. The van der Waals surface area contributed by atoms with Crippen molar-refractivity contribution in [2.75, 3.05) is 0 Å². The summed E-state index contributed by atoms with van der Waals surface area (Å²) in [6.45, 7) is 9.56. The fraction of sp³-hybridized carbons (Fsp3) is 0.471. The molecule has 1 aromatic carbocycles. The smallest absolute Gasteiger partial charge is 0.238 e. The average Bonchev–Trinajstić information content (AvgIpc) is 2.65. The first-order valence-electron chi connectivity index (χ1n) is 7.33. The van der Waals surface area contributed by atoms with Crippen LogP contribution in [0.15, 0.2) is 30.3 Å². The number of rotatable bonds is 5. The van der Waals surface area contributed by atoms with Crippen molar-refractivity contribution < 1.29 is 5.11 Å². The van der Waals surface area contributed by atoms with Crippen LogP contribution >= 0.6 is 0 Å². The Balaban J connectivity index is 2.52. The zero-order valence-corrected chi connectivity index (χ0v) is 12.8. The lowest BCUT2D eigenvalue weighted by Crippen LogP contribution is -2.12. The summed E-state index contributed by atoms with van der Waals surface area (Å²) >= 11 is 0. The summed E-state index contributed by atoms with van der Waals surface area (Å²) in [6, 6.07) is 10.0. The second-order valence-electron chi connectivity index (χ2n) is 6.19. The van der Waals surface area contributed by atoms with Gasteiger partial charge in [-0.3, -0.25) is 4.68 Å². The van der Waals surface area contributed by atoms with Crippen LogP contribution in [0.2, 0.25) is 0 Å². The number of aromatic nitrogens is 2. The van der Waals surface area contributed by atoms with Crippen LogP contribution in [0.4, 0.5) is 0 Å². The number of nitrogens with zero attached hydrogens (tertiary/aromatic N) is 2. The Morgan fingerprint density at radius 1 is 1.05 bits per heavy atom. The van der Waals surface area contributed by atoms with Crippen LogP contribution in [0.25, 0.3) is 11.1 Å². The van der Waals surface area contributed by atoms with E-state index >= 15 is 0 Å². The van der Waals surface area contributed by atoms with Gasteiger partial charge < -0.3 is 5.11 Å². The number of benzene rings is 1. The molecule has 0 aliphatic rings. The quantitative estimate of drug-likeness (QED) is 0.889. The SMILES string of the molecule is CC(C)Cc1c(-c2ccccc2)c(O)nn1CC(C)C. The fourth-order valence-corrected chi connectivity index (χ4v) is 2.47. The Hall–Kier alpha value is -1.77. The van der Waals surface area contributed by atoms with E-state index in [1.807, 2.05) is 35.0 Å². The zero-order valence-electron chi connectivity index (χ0n) is 12.8. The third-order valence-corrected chi connectivity index (χ3v) is 3.24. The van der Waals surface area contributed by atoms with E-state index in [2.05, 4.69) is 32.8 Å². The molecule has 0 radical (unpaired) electrons. The lowest BCUT2D eigenvalue weighted by molar-refractivity contribution is 0.413. The molecule has 2 aromatic rings. The largest absolute Gasteiger partial charge is 0.492 e. The minimum atomic E-state index is 0.146. The summed E-state index contributed by atoms with van der Waals surface area (Å²) in [5.41, 5.74) is 3.06. The fourth-order valence-electron chi connectivity index (χ4n) is 2.47. The molecule has 1 heterocycles. The summed E-state index contributed by atoms with van der Waals surface area (Å²) in [6.07, 6.45) is 0.921. The van der Waals surface area contributed by atoms with Crippen molar-refractivity contribution in [1.82, 2.24) is 9.78 Å². The molecule has 2 rings (SSSR count). The molecule has 0 amide bonds. The highest BCUT2D eigenvalue weighted by atomic mass is 16.3. The van der Waals surface area contributed by atoms with Crippen LogP contribution in [-0.4, -0.2) is 14.9 Å². The maximum absolute atomic E-state index is 10.3. The molecule has 3 heteroatoms. The van der Waals surface area contributed by atoms with Gasteiger partial charge in [0, 0.05) is 6.54 Å². The molecule has 108 valence electrons. The molecule has 0 spiro atoms. The van der Waals surface area contributed by atoms with Crippen LogP contribution in [0.3, 0.4) is 0 Å². The molecule has 20 heavy (non-hydrogen) atoms. The van der Waals surface area contributed by atoms with Crippen molar-refractivity contribution in [3.63, 3.8) is 0 Å². The molecule has 3 nitrogen and oxygen atoms in total. The van der Waals surface area contributed by atoms with Gasteiger partial charge in [-0.25, -0.2) is 0 Å². The lowest BCUT2D eigenvalue weighted by atomic mass is 9.99. The molecule has 0 saturated carbocycles. The molecule has 1 aromatic heterocycles. The molecule has 0 atom stereocenters. The average molecular weight is 272 g/mol. The third-order valence-electron chi connectivity index (χ3n) is 3.24. The molecular formula is C17H24N2O. The van der Waals surface area contributed by atoms with Crippen LogP contribution in [-0.2, 0) is 13.0 Å². The van der Waals surface area contributed by atoms with Crippen molar-refractivity contribution in [3.8, 4) is 17.0 Å². The first-order valence-corrected chi connectivity index (χ1v) is 7.33. The highest BCUT2D eigenvalue weighted by Crippen LogP contribution is 2.33. The number of hydrogen-bond acceptors (Lipinski definition) is 2. The van der Waals surface area contributed by atoms with Gasteiger partial charge in [-0.2, -0.15) is 0 Å². The number of aromatic hydroxyl groups is 1. The molecule has 0 saturated heterocycles. The summed E-state index contributed by atoms with van der Waals surface area (Å²) in [5.74, 6) is 1.18. The Morgan fingerprint density at radius 3 is 2.25 bits per heavy atom. The van der Waals surface area contributed by atoms with Gasteiger partial charge in [0.15, 0.2) is 0 Å². The zero-order chi connectivity index (χ0) is 14.7. The van der Waals surface area contributed by atoms with Crippen molar-refractivity contribution in [3.05, 3.63) is 36.0 Å². The van der Waals surface area contributed by atoms with Crippen LogP contribution in [0.1, 0.15) is 33.4 Å². The summed E-state index contributed by atoms with van der Waals surface area (Å²) < 4.78 is 1.97. The summed E-state index contributed by atoms with van der Waals surface area (Å²) in [4.78, 5) is 0. The summed E-state index contributed by atoms with van der Waals surface area (Å²) in [5, 5.41) is 14.6. The van der Waals surface area contributed by atoms with Gasteiger partial charge in [0.25, 0.3) is 0 Å². The minimum absolute atomic E-state index is 0.146. The third kappa shape index (κ3) is 3.21. The van der Waals surface area contributed by atoms with Gasteiger partial charge in [-0.05, 0) is 23.8 Å². The van der Waals surface area contributed by atoms with Crippen molar-refractivity contribution in [1.29, 1.82) is 0 Å². The van der Waals surface area contributed by atoms with E-state index in [1.165, 1.54) is 0 Å². The van der Waals surface area contributed by atoms with Crippen molar-refractivity contribution >= 4 is 0 Å². The second-order valence-corrected chi connectivity index (χ2v) is 6.19. The van der Waals surface area contributed by atoms with Gasteiger partial charge in [0.2, 0.25) is 5.88 Å². The predicted molar refractivity (Wildman–Crippen MR) is 82.7 cm³/mol. The maximum Gasteiger partial charge on any atom is 0.238 e. The lowest BCUT2D eigenvalue weighted by Gasteiger charge is -2.13. The number of hydrogen-bond donors (Lipinski definition) is 1. The molecule has 0 bridgehead atoms.